The third-order valence-corrected chi connectivity index (χ3v) is 8.86. The third-order valence-electron chi connectivity index (χ3n) is 8.86. The van der Waals surface area contributed by atoms with Crippen molar-refractivity contribution in [3.05, 3.63) is 0 Å². The van der Waals surface area contributed by atoms with Crippen molar-refractivity contribution in [3.8, 4) is 0 Å². The number of likely N-dealkylation sites (tertiary alicyclic amines) is 2. The first-order valence-corrected chi connectivity index (χ1v) is 15.6. The number of carbonyl (C=O) groups excluding carboxylic acids is 1. The average molecular weight is 477 g/mol. The van der Waals surface area contributed by atoms with E-state index in [9.17, 15) is 4.79 Å². The molecule has 0 N–H and O–H groups in total. The summed E-state index contributed by atoms with van der Waals surface area (Å²) < 4.78 is 0. The molecule has 0 aromatic rings. The van der Waals surface area contributed by atoms with E-state index in [1.54, 1.807) is 0 Å². The Bertz CT molecular complexity index is 518. The van der Waals surface area contributed by atoms with Crippen LogP contribution in [-0.2, 0) is 4.79 Å². The van der Waals surface area contributed by atoms with Gasteiger partial charge in [-0.05, 0) is 49.9 Å². The van der Waals surface area contributed by atoms with E-state index in [0.29, 0.717) is 11.3 Å². The number of carbonyl (C=O) groups is 1. The van der Waals surface area contributed by atoms with Crippen molar-refractivity contribution in [1.82, 2.24) is 9.80 Å². The van der Waals surface area contributed by atoms with Crippen molar-refractivity contribution in [2.24, 2.45) is 17.3 Å². The molecule has 2 atom stereocenters. The average Bonchev–Trinajstić information content (AvgIpc) is 2.83. The maximum Gasteiger partial charge on any atom is 0.225 e. The van der Waals surface area contributed by atoms with E-state index in [1.807, 2.05) is 0 Å². The largest absolute Gasteiger partial charge is 0.342 e. The lowest BCUT2D eigenvalue weighted by Crippen LogP contribution is -2.61. The zero-order valence-corrected chi connectivity index (χ0v) is 23.7. The monoisotopic (exact) mass is 476 g/mol. The number of unbranched alkanes of at least 4 members (excludes halogenated alkanes) is 8. The molecule has 0 bridgehead atoms. The third kappa shape index (κ3) is 10.2. The van der Waals surface area contributed by atoms with Gasteiger partial charge in [0.25, 0.3) is 0 Å². The van der Waals surface area contributed by atoms with Crippen LogP contribution in [0.15, 0.2) is 0 Å². The molecule has 2 fully saturated rings. The van der Waals surface area contributed by atoms with Crippen molar-refractivity contribution in [2.45, 2.75) is 143 Å². The molecule has 3 heteroatoms. The topological polar surface area (TPSA) is 23.6 Å². The molecular formula is C31H60N2O. The number of amides is 1. The summed E-state index contributed by atoms with van der Waals surface area (Å²) in [6, 6.07) is 0. The van der Waals surface area contributed by atoms with E-state index >= 15 is 0 Å². The van der Waals surface area contributed by atoms with E-state index in [4.69, 9.17) is 0 Å². The molecule has 0 aromatic heterocycles. The summed E-state index contributed by atoms with van der Waals surface area (Å²) in [6.45, 7) is 15.1. The maximum atomic E-state index is 13.4. The Kier molecular flexibility index (Phi) is 14.8. The van der Waals surface area contributed by atoms with Gasteiger partial charge in [-0.15, -0.1) is 0 Å². The Balaban J connectivity index is 1.74. The lowest BCUT2D eigenvalue weighted by Gasteiger charge is -2.55. The minimum absolute atomic E-state index is 0.288. The number of nitrogens with zero attached hydrogens (tertiary/aromatic N) is 2. The maximum absolute atomic E-state index is 13.4. The van der Waals surface area contributed by atoms with Gasteiger partial charge < -0.3 is 9.80 Å². The molecule has 0 aliphatic carbocycles. The highest BCUT2D eigenvalue weighted by Gasteiger charge is 2.45. The second kappa shape index (κ2) is 17.0. The zero-order valence-electron chi connectivity index (χ0n) is 23.7. The fourth-order valence-electron chi connectivity index (χ4n) is 6.51. The summed E-state index contributed by atoms with van der Waals surface area (Å²) >= 11 is 0. The van der Waals surface area contributed by atoms with Gasteiger partial charge in [0.15, 0.2) is 0 Å². The van der Waals surface area contributed by atoms with Gasteiger partial charge in [-0.1, -0.05) is 105 Å². The Hall–Kier alpha value is -0.570. The normalized spacial score (nSPS) is 19.8. The fraction of sp³-hybridized carbons (Fsp3) is 0.968. The number of piperidine rings is 1. The molecule has 2 saturated heterocycles. The number of hydrogen-bond acceptors (Lipinski definition) is 2. The first-order valence-electron chi connectivity index (χ1n) is 15.6. The molecular weight excluding hydrogens is 416 g/mol. The second-order valence-corrected chi connectivity index (χ2v) is 12.0. The van der Waals surface area contributed by atoms with Crippen molar-refractivity contribution < 1.29 is 4.79 Å². The molecule has 0 radical (unpaired) electrons. The van der Waals surface area contributed by atoms with E-state index in [2.05, 4.69) is 37.5 Å². The van der Waals surface area contributed by atoms with E-state index in [-0.39, 0.29) is 5.92 Å². The van der Waals surface area contributed by atoms with Gasteiger partial charge in [0, 0.05) is 38.6 Å². The molecule has 2 rings (SSSR count). The van der Waals surface area contributed by atoms with Crippen LogP contribution in [0.5, 0.6) is 0 Å². The quantitative estimate of drug-likeness (QED) is 0.175. The molecule has 200 valence electrons. The Morgan fingerprint density at radius 1 is 0.676 bits per heavy atom. The molecule has 34 heavy (non-hydrogen) atoms. The van der Waals surface area contributed by atoms with Gasteiger partial charge >= 0.3 is 0 Å². The first-order chi connectivity index (χ1) is 16.6. The van der Waals surface area contributed by atoms with Crippen LogP contribution >= 0.6 is 0 Å². The lowest BCUT2D eigenvalue weighted by molar-refractivity contribution is -0.141. The molecule has 0 aromatic carbocycles. The van der Waals surface area contributed by atoms with Crippen molar-refractivity contribution in [2.75, 3.05) is 32.7 Å². The SMILES string of the molecule is CCCCCCCC(CCCC)C(=O)N1CCC2(CC1)CN(CC(CCCC)CCCCC)C2. The van der Waals surface area contributed by atoms with Crippen LogP contribution in [0.2, 0.25) is 0 Å². The van der Waals surface area contributed by atoms with Crippen molar-refractivity contribution >= 4 is 5.91 Å². The van der Waals surface area contributed by atoms with Gasteiger partial charge in [0.1, 0.15) is 0 Å². The van der Waals surface area contributed by atoms with Crippen molar-refractivity contribution in [1.29, 1.82) is 0 Å². The highest BCUT2D eigenvalue weighted by Crippen LogP contribution is 2.41. The Labute approximate surface area is 213 Å². The molecule has 0 saturated carbocycles. The molecule has 1 spiro atoms. The standard InChI is InChI=1S/C31H60N2O/c1-5-9-13-14-16-20-29(19-12-8-4)30(34)33-23-21-31(22-24-33)26-32(27-31)25-28(17-11-7-3)18-15-10-6-2/h28-29H,5-27H2,1-4H3. The van der Waals surface area contributed by atoms with Gasteiger partial charge in [0.05, 0.1) is 0 Å². The highest BCUT2D eigenvalue weighted by molar-refractivity contribution is 5.79. The van der Waals surface area contributed by atoms with Crippen LogP contribution in [0.3, 0.4) is 0 Å². The molecule has 3 nitrogen and oxygen atoms in total. The fourth-order valence-corrected chi connectivity index (χ4v) is 6.51. The van der Waals surface area contributed by atoms with E-state index in [0.717, 1.165) is 31.8 Å². The van der Waals surface area contributed by atoms with Gasteiger partial charge in [-0.3, -0.25) is 4.79 Å². The van der Waals surface area contributed by atoms with Gasteiger partial charge in [-0.25, -0.2) is 0 Å². The minimum Gasteiger partial charge on any atom is -0.342 e. The molecule has 2 aliphatic rings. The van der Waals surface area contributed by atoms with Gasteiger partial charge in [0.2, 0.25) is 5.91 Å². The van der Waals surface area contributed by atoms with Crippen LogP contribution in [-0.4, -0.2) is 48.4 Å². The number of rotatable bonds is 19. The molecule has 2 unspecified atom stereocenters. The van der Waals surface area contributed by atoms with Crippen LogP contribution in [0.1, 0.15) is 143 Å². The molecule has 2 aliphatic heterocycles. The van der Waals surface area contributed by atoms with Crippen LogP contribution in [0.4, 0.5) is 0 Å². The van der Waals surface area contributed by atoms with Crippen LogP contribution in [0, 0.1) is 17.3 Å². The lowest BCUT2D eigenvalue weighted by atomic mass is 9.71. The second-order valence-electron chi connectivity index (χ2n) is 12.0. The van der Waals surface area contributed by atoms with Gasteiger partial charge in [-0.2, -0.15) is 0 Å². The highest BCUT2D eigenvalue weighted by atomic mass is 16.2. The summed E-state index contributed by atoms with van der Waals surface area (Å²) in [7, 11) is 0. The van der Waals surface area contributed by atoms with Crippen LogP contribution in [0.25, 0.3) is 0 Å². The summed E-state index contributed by atoms with van der Waals surface area (Å²) in [6.07, 6.45) is 23.4. The van der Waals surface area contributed by atoms with Crippen molar-refractivity contribution in [3.63, 3.8) is 0 Å². The minimum atomic E-state index is 0.288. The predicted molar refractivity (Wildman–Crippen MR) is 148 cm³/mol. The Morgan fingerprint density at radius 3 is 1.82 bits per heavy atom. The van der Waals surface area contributed by atoms with E-state index < -0.39 is 0 Å². The summed E-state index contributed by atoms with van der Waals surface area (Å²) in [4.78, 5) is 18.4. The smallest absolute Gasteiger partial charge is 0.225 e. The summed E-state index contributed by atoms with van der Waals surface area (Å²) in [5.74, 6) is 1.68. The number of hydrogen-bond donors (Lipinski definition) is 0. The Morgan fingerprint density at radius 2 is 1.18 bits per heavy atom. The summed E-state index contributed by atoms with van der Waals surface area (Å²) in [5, 5.41) is 0. The summed E-state index contributed by atoms with van der Waals surface area (Å²) in [5.41, 5.74) is 0.522. The molecule has 2 heterocycles. The molecule has 1 amide bonds. The predicted octanol–water partition coefficient (Wildman–Crippen LogP) is 8.46. The zero-order chi connectivity index (χ0) is 24.7. The van der Waals surface area contributed by atoms with E-state index in [1.165, 1.54) is 122 Å². The van der Waals surface area contributed by atoms with Crippen LogP contribution < -0.4 is 0 Å². The first kappa shape index (κ1) is 29.7.